The van der Waals surface area contributed by atoms with Crippen molar-refractivity contribution in [3.63, 3.8) is 0 Å². The van der Waals surface area contributed by atoms with Crippen molar-refractivity contribution >= 4 is 133 Å². The molecule has 76 heavy (non-hydrogen) atoms. The van der Waals surface area contributed by atoms with Gasteiger partial charge >= 0.3 is 0 Å². The summed E-state index contributed by atoms with van der Waals surface area (Å²) in [5, 5.41) is 24.5. The third-order valence-electron chi connectivity index (χ3n) is 11.6. The predicted octanol–water partition coefficient (Wildman–Crippen LogP) is 16.5. The summed E-state index contributed by atoms with van der Waals surface area (Å²) in [6, 6.07) is 38.2. The third kappa shape index (κ3) is 15.3. The summed E-state index contributed by atoms with van der Waals surface area (Å²) in [6.07, 6.45) is 0. The Labute approximate surface area is 484 Å². The second-order valence-electron chi connectivity index (χ2n) is 16.9. The zero-order valence-corrected chi connectivity index (χ0v) is 50.0. The minimum Gasteiger partial charge on any atom is -0.207 e. The summed E-state index contributed by atoms with van der Waals surface area (Å²) >= 11 is 27.6. The number of hydrogen-bond acceptors (Lipinski definition) is 12. The third-order valence-corrected chi connectivity index (χ3v) is 22.6. The summed E-state index contributed by atoms with van der Waals surface area (Å²) in [7, 11) is -11.0. The van der Waals surface area contributed by atoms with Crippen LogP contribution in [0.3, 0.4) is 0 Å². The molecule has 21 heteroatoms. The molecule has 0 bridgehead atoms. The highest BCUT2D eigenvalue weighted by Crippen LogP contribution is 2.32. The maximum atomic E-state index is 13.4. The van der Waals surface area contributed by atoms with Gasteiger partial charge in [-0.15, -0.1) is 0 Å². The second kappa shape index (κ2) is 27.0. The highest BCUT2D eigenvalue weighted by molar-refractivity contribution is 7.89. The molecule has 0 atom stereocenters. The van der Waals surface area contributed by atoms with Crippen molar-refractivity contribution in [2.75, 3.05) is 0 Å². The minimum atomic E-state index is -3.78. The molecule has 6 aromatic heterocycles. The van der Waals surface area contributed by atoms with E-state index in [4.69, 9.17) is 34.8 Å². The SMILES string of the molecule is Cc1c(Cl)cccc1S(=O)(=O)N(Cc1ccsc1)Cc1ccsc1.O=S(=O)(c1cc(Cl)ccc1Cl)N(Cc1ccsc1)Cc1ccsc1.O=S(=O)(c1ccc(-c2ccccc2)cc1)N(Cc1ccsc1)Cc1ccsc1. The zero-order chi connectivity index (χ0) is 53.7. The van der Waals surface area contributed by atoms with Crippen molar-refractivity contribution in [3.8, 4) is 11.1 Å². The molecule has 0 amide bonds. The van der Waals surface area contributed by atoms with Gasteiger partial charge in [0, 0.05) is 49.3 Å². The predicted molar refractivity (Wildman–Crippen MR) is 320 cm³/mol. The normalized spacial score (nSPS) is 11.9. The lowest BCUT2D eigenvalue weighted by Crippen LogP contribution is -2.30. The first-order valence-corrected chi connectivity index (χ1v) is 34.1. The Morgan fingerprint density at radius 3 is 1.12 bits per heavy atom. The van der Waals surface area contributed by atoms with Crippen LogP contribution >= 0.6 is 103 Å². The topological polar surface area (TPSA) is 112 Å². The van der Waals surface area contributed by atoms with E-state index in [2.05, 4.69) is 0 Å². The summed E-state index contributed by atoms with van der Waals surface area (Å²) in [4.78, 5) is 0.611. The van der Waals surface area contributed by atoms with E-state index in [1.165, 1.54) is 43.4 Å². The van der Waals surface area contributed by atoms with Gasteiger partial charge in [0.1, 0.15) is 4.90 Å². The quantitative estimate of drug-likeness (QED) is 0.0797. The van der Waals surface area contributed by atoms with Crippen LogP contribution in [0.2, 0.25) is 15.1 Å². The van der Waals surface area contributed by atoms with Gasteiger partial charge < -0.3 is 0 Å². The summed E-state index contributed by atoms with van der Waals surface area (Å²) in [5.74, 6) is 0. The first kappa shape index (κ1) is 57.8. The highest BCUT2D eigenvalue weighted by atomic mass is 35.5. The molecule has 0 aliphatic rings. The van der Waals surface area contributed by atoms with Gasteiger partial charge in [0.2, 0.25) is 30.1 Å². The van der Waals surface area contributed by atoms with E-state index in [9.17, 15) is 25.3 Å². The second-order valence-corrected chi connectivity index (χ2v) is 28.6. The number of thiophene rings is 6. The standard InChI is InChI=1S/C22H19NO2S3.C17H16ClNO2S3.C16H13Cl2NO2S3/c24-28(25,22-8-6-21(7-9-22)20-4-2-1-3-5-20)23(14-18-10-12-26-16-18)15-19-11-13-27-17-19;1-13-16(18)3-2-4-17(13)24(20,21)19(9-14-5-7-22-11-14)10-15-6-8-23-12-15;17-14-1-2-15(18)16(7-14)24(20,21)19(8-12-3-5-22-10-12)9-13-4-6-23-11-13/h1-13,16-17H,14-15H2;2-8,11-12H,9-10H2,1H3;1-7,10-11H,8-9H2. The zero-order valence-electron chi connectivity index (χ0n) is 40.4. The molecule has 0 aliphatic heterocycles. The number of halogens is 3. The van der Waals surface area contributed by atoms with E-state index < -0.39 is 30.1 Å². The van der Waals surface area contributed by atoms with Gasteiger partial charge in [-0.2, -0.15) is 80.9 Å². The van der Waals surface area contributed by atoms with Gasteiger partial charge in [0.05, 0.1) is 14.8 Å². The maximum absolute atomic E-state index is 13.4. The molecule has 4 aromatic carbocycles. The molecular formula is C55H48Cl3N3O6S9. The van der Waals surface area contributed by atoms with Gasteiger partial charge in [0.25, 0.3) is 0 Å². The van der Waals surface area contributed by atoms with Crippen LogP contribution in [0.4, 0.5) is 0 Å². The molecule has 0 N–H and O–H groups in total. The average Bonchev–Trinajstić information content (AvgIpc) is 4.29. The van der Waals surface area contributed by atoms with E-state index in [-0.39, 0.29) is 27.9 Å². The Kier molecular flexibility index (Phi) is 20.6. The maximum Gasteiger partial charge on any atom is 0.245 e. The average molecular weight is 1240 g/mol. The van der Waals surface area contributed by atoms with Crippen molar-refractivity contribution in [1.29, 1.82) is 0 Å². The minimum absolute atomic E-state index is 0.0297. The lowest BCUT2D eigenvalue weighted by molar-refractivity contribution is 0.401. The van der Waals surface area contributed by atoms with Gasteiger partial charge in [-0.3, -0.25) is 0 Å². The van der Waals surface area contributed by atoms with Crippen molar-refractivity contribution < 1.29 is 25.3 Å². The number of benzene rings is 4. The monoisotopic (exact) mass is 1240 g/mol. The Balaban J connectivity index is 0.000000152. The van der Waals surface area contributed by atoms with Crippen molar-refractivity contribution in [1.82, 2.24) is 12.9 Å². The Bertz CT molecular complexity index is 3480. The molecule has 0 unspecified atom stereocenters. The van der Waals surface area contributed by atoms with Crippen molar-refractivity contribution in [3.05, 3.63) is 246 Å². The number of sulfonamides is 3. The van der Waals surface area contributed by atoms with Crippen LogP contribution in [0.15, 0.2) is 207 Å². The van der Waals surface area contributed by atoms with Crippen LogP contribution in [-0.4, -0.2) is 38.2 Å². The molecule has 9 nitrogen and oxygen atoms in total. The lowest BCUT2D eigenvalue weighted by atomic mass is 10.1. The van der Waals surface area contributed by atoms with E-state index in [0.717, 1.165) is 44.5 Å². The van der Waals surface area contributed by atoms with Crippen LogP contribution in [0.25, 0.3) is 11.1 Å². The van der Waals surface area contributed by atoms with Crippen LogP contribution < -0.4 is 0 Å². The Morgan fingerprint density at radius 2 is 0.737 bits per heavy atom. The molecule has 0 saturated heterocycles. The van der Waals surface area contributed by atoms with Crippen molar-refractivity contribution in [2.24, 2.45) is 0 Å². The van der Waals surface area contributed by atoms with Crippen LogP contribution in [-0.2, 0) is 69.3 Å². The van der Waals surface area contributed by atoms with Crippen LogP contribution in [0.1, 0.15) is 38.9 Å². The summed E-state index contributed by atoms with van der Waals surface area (Å²) in [6.45, 7) is 3.71. The smallest absolute Gasteiger partial charge is 0.207 e. The molecular weight excluding hydrogens is 1190 g/mol. The van der Waals surface area contributed by atoms with Gasteiger partial charge in [-0.25, -0.2) is 25.3 Å². The molecule has 6 heterocycles. The van der Waals surface area contributed by atoms with Gasteiger partial charge in [-0.05, 0) is 200 Å². The summed E-state index contributed by atoms with van der Waals surface area (Å²) < 4.78 is 84.0. The van der Waals surface area contributed by atoms with Gasteiger partial charge in [0.15, 0.2) is 0 Å². The van der Waals surface area contributed by atoms with Gasteiger partial charge in [-0.1, -0.05) is 83.3 Å². The first-order chi connectivity index (χ1) is 36.6. The molecule has 0 saturated carbocycles. The molecule has 10 aromatic rings. The van der Waals surface area contributed by atoms with E-state index in [1.54, 1.807) is 93.0 Å². The Morgan fingerprint density at radius 1 is 0.368 bits per heavy atom. The fraction of sp³-hybridized carbons (Fsp3) is 0.127. The lowest BCUT2D eigenvalue weighted by Gasteiger charge is -2.23. The van der Waals surface area contributed by atoms with Crippen molar-refractivity contribution in [2.45, 2.75) is 60.9 Å². The molecule has 0 radical (unpaired) electrons. The largest absolute Gasteiger partial charge is 0.245 e. The fourth-order valence-corrected chi connectivity index (χ4v) is 17.0. The van der Waals surface area contributed by atoms with E-state index >= 15 is 0 Å². The van der Waals surface area contributed by atoms with Crippen LogP contribution in [0.5, 0.6) is 0 Å². The number of rotatable bonds is 19. The highest BCUT2D eigenvalue weighted by Gasteiger charge is 2.30. The molecule has 0 spiro atoms. The summed E-state index contributed by atoms with van der Waals surface area (Å²) in [5.41, 5.74) is 8.52. The van der Waals surface area contributed by atoms with Crippen LogP contribution in [0, 0.1) is 6.92 Å². The Hall–Kier alpha value is -4.32. The fourth-order valence-electron chi connectivity index (χ4n) is 7.61. The number of nitrogens with zero attached hydrogens (tertiary/aromatic N) is 3. The van der Waals surface area contributed by atoms with E-state index in [0.29, 0.717) is 46.7 Å². The molecule has 10 rings (SSSR count). The molecule has 394 valence electrons. The first-order valence-electron chi connectivity index (χ1n) is 23.0. The van der Waals surface area contributed by atoms with E-state index in [1.807, 2.05) is 143 Å². The molecule has 0 fully saturated rings. The number of hydrogen-bond donors (Lipinski definition) is 0. The molecule has 0 aliphatic carbocycles.